The van der Waals surface area contributed by atoms with Gasteiger partial charge in [-0.2, -0.15) is 5.10 Å². The van der Waals surface area contributed by atoms with Gasteiger partial charge in [-0.05, 0) is 48.4 Å². The molecule has 2 aromatic carbocycles. The Kier molecular flexibility index (Phi) is 5.86. The molecule has 0 radical (unpaired) electrons. The SMILES string of the molecule is O=C(NCCc1cccc(F)c1)NCc1cnn(-c2ccc(Cl)cc2)c1. The van der Waals surface area contributed by atoms with Gasteiger partial charge in [-0.3, -0.25) is 0 Å². The average molecular weight is 373 g/mol. The van der Waals surface area contributed by atoms with E-state index in [-0.39, 0.29) is 11.8 Å². The molecule has 2 amide bonds. The molecule has 3 rings (SSSR count). The largest absolute Gasteiger partial charge is 0.338 e. The second-order valence-electron chi connectivity index (χ2n) is 5.76. The molecule has 0 aliphatic rings. The number of rotatable bonds is 6. The number of carbonyl (C=O) groups excluding carboxylic acids is 1. The average Bonchev–Trinajstić information content (AvgIpc) is 3.10. The second-order valence-corrected chi connectivity index (χ2v) is 6.20. The van der Waals surface area contributed by atoms with Gasteiger partial charge in [-0.1, -0.05) is 23.7 Å². The zero-order valence-corrected chi connectivity index (χ0v) is 14.7. The minimum Gasteiger partial charge on any atom is -0.338 e. The first-order valence-electron chi connectivity index (χ1n) is 8.16. The lowest BCUT2D eigenvalue weighted by Gasteiger charge is -2.07. The van der Waals surface area contributed by atoms with Crippen LogP contribution in [0.2, 0.25) is 5.02 Å². The maximum atomic E-state index is 13.1. The monoisotopic (exact) mass is 372 g/mol. The molecular formula is C19H18ClFN4O. The molecule has 0 unspecified atom stereocenters. The van der Waals surface area contributed by atoms with Gasteiger partial charge in [-0.25, -0.2) is 13.9 Å². The zero-order chi connectivity index (χ0) is 18.4. The summed E-state index contributed by atoms with van der Waals surface area (Å²) in [5.41, 5.74) is 2.61. The normalized spacial score (nSPS) is 10.5. The van der Waals surface area contributed by atoms with E-state index in [1.807, 2.05) is 24.4 Å². The molecule has 134 valence electrons. The van der Waals surface area contributed by atoms with E-state index in [1.165, 1.54) is 12.1 Å². The summed E-state index contributed by atoms with van der Waals surface area (Å²) in [7, 11) is 0. The van der Waals surface area contributed by atoms with Gasteiger partial charge in [-0.15, -0.1) is 0 Å². The molecule has 7 heteroatoms. The van der Waals surface area contributed by atoms with Crippen LogP contribution >= 0.6 is 11.6 Å². The third kappa shape index (κ3) is 5.07. The van der Waals surface area contributed by atoms with Crippen LogP contribution in [-0.2, 0) is 13.0 Å². The van der Waals surface area contributed by atoms with Crippen LogP contribution in [0, 0.1) is 5.82 Å². The maximum Gasteiger partial charge on any atom is 0.315 e. The maximum absolute atomic E-state index is 13.1. The predicted octanol–water partition coefficient (Wildman–Crippen LogP) is 3.71. The Morgan fingerprint density at radius 3 is 2.69 bits per heavy atom. The fourth-order valence-electron chi connectivity index (χ4n) is 2.44. The smallest absolute Gasteiger partial charge is 0.315 e. The van der Waals surface area contributed by atoms with Crippen molar-refractivity contribution < 1.29 is 9.18 Å². The number of hydrogen-bond donors (Lipinski definition) is 2. The van der Waals surface area contributed by atoms with Gasteiger partial charge < -0.3 is 10.6 Å². The van der Waals surface area contributed by atoms with E-state index in [2.05, 4.69) is 15.7 Å². The van der Waals surface area contributed by atoms with Crippen LogP contribution in [0.25, 0.3) is 5.69 Å². The van der Waals surface area contributed by atoms with Crippen LogP contribution in [0.1, 0.15) is 11.1 Å². The number of halogens is 2. The quantitative estimate of drug-likeness (QED) is 0.693. The van der Waals surface area contributed by atoms with Crippen LogP contribution in [-0.4, -0.2) is 22.4 Å². The Balaban J connectivity index is 1.44. The molecule has 26 heavy (non-hydrogen) atoms. The summed E-state index contributed by atoms with van der Waals surface area (Å²) in [5, 5.41) is 10.5. The van der Waals surface area contributed by atoms with E-state index in [0.29, 0.717) is 24.5 Å². The number of nitrogens with zero attached hydrogens (tertiary/aromatic N) is 2. The van der Waals surface area contributed by atoms with E-state index >= 15 is 0 Å². The van der Waals surface area contributed by atoms with E-state index in [4.69, 9.17) is 11.6 Å². The van der Waals surface area contributed by atoms with Crippen LogP contribution < -0.4 is 10.6 Å². The molecule has 1 heterocycles. The van der Waals surface area contributed by atoms with Gasteiger partial charge in [0.05, 0.1) is 11.9 Å². The highest BCUT2D eigenvalue weighted by Crippen LogP contribution is 2.13. The van der Waals surface area contributed by atoms with Gasteiger partial charge in [0.25, 0.3) is 0 Å². The summed E-state index contributed by atoms with van der Waals surface area (Å²) in [6.45, 7) is 0.790. The van der Waals surface area contributed by atoms with Crippen LogP contribution in [0.3, 0.4) is 0 Å². The number of urea groups is 1. The fourth-order valence-corrected chi connectivity index (χ4v) is 2.57. The van der Waals surface area contributed by atoms with E-state index < -0.39 is 0 Å². The first kappa shape index (κ1) is 17.9. The minimum atomic E-state index is -0.277. The molecule has 2 N–H and O–H groups in total. The van der Waals surface area contributed by atoms with Gasteiger partial charge in [0.2, 0.25) is 0 Å². The molecule has 5 nitrogen and oxygen atoms in total. The summed E-state index contributed by atoms with van der Waals surface area (Å²) in [6, 6.07) is 13.4. The summed E-state index contributed by atoms with van der Waals surface area (Å²) in [4.78, 5) is 11.8. The molecule has 0 spiro atoms. The second kappa shape index (κ2) is 8.49. The lowest BCUT2D eigenvalue weighted by Crippen LogP contribution is -2.36. The first-order chi connectivity index (χ1) is 12.6. The van der Waals surface area contributed by atoms with Crippen LogP contribution in [0.4, 0.5) is 9.18 Å². The number of aromatic nitrogens is 2. The van der Waals surface area contributed by atoms with Crippen molar-refractivity contribution in [1.29, 1.82) is 0 Å². The molecule has 3 aromatic rings. The Morgan fingerprint density at radius 2 is 1.92 bits per heavy atom. The Morgan fingerprint density at radius 1 is 1.12 bits per heavy atom. The number of hydrogen-bond acceptors (Lipinski definition) is 2. The third-order valence-corrected chi connectivity index (χ3v) is 4.02. The van der Waals surface area contributed by atoms with Crippen LogP contribution in [0.15, 0.2) is 60.9 Å². The number of amides is 2. The summed E-state index contributed by atoms with van der Waals surface area (Å²) >= 11 is 5.87. The molecule has 0 bridgehead atoms. The van der Waals surface area contributed by atoms with Crippen LogP contribution in [0.5, 0.6) is 0 Å². The van der Waals surface area contributed by atoms with Crippen molar-refractivity contribution in [2.45, 2.75) is 13.0 Å². The molecule has 0 atom stereocenters. The summed E-state index contributed by atoms with van der Waals surface area (Å²) in [6.07, 6.45) is 4.11. The minimum absolute atomic E-state index is 0.273. The lowest BCUT2D eigenvalue weighted by atomic mass is 10.1. The van der Waals surface area contributed by atoms with Gasteiger partial charge in [0.15, 0.2) is 0 Å². The van der Waals surface area contributed by atoms with E-state index in [1.54, 1.807) is 29.1 Å². The van der Waals surface area contributed by atoms with Crippen molar-refractivity contribution in [3.63, 3.8) is 0 Å². The molecule has 0 fully saturated rings. The highest BCUT2D eigenvalue weighted by molar-refractivity contribution is 6.30. The Hall–Kier alpha value is -2.86. The highest BCUT2D eigenvalue weighted by atomic mass is 35.5. The highest BCUT2D eigenvalue weighted by Gasteiger charge is 2.04. The molecule has 0 aliphatic heterocycles. The Bertz CT molecular complexity index is 879. The number of nitrogens with one attached hydrogen (secondary N) is 2. The molecular weight excluding hydrogens is 355 g/mol. The summed E-state index contributed by atoms with van der Waals surface area (Å²) in [5.74, 6) is -0.273. The standard InChI is InChI=1S/C19H18ClFN4O/c20-16-4-6-18(7-5-16)25-13-15(12-24-25)11-23-19(26)22-9-8-14-2-1-3-17(21)10-14/h1-7,10,12-13H,8-9,11H2,(H2,22,23,26). The molecule has 0 saturated carbocycles. The molecule has 0 saturated heterocycles. The van der Waals surface area contributed by atoms with Gasteiger partial charge in [0, 0.05) is 29.9 Å². The van der Waals surface area contributed by atoms with Crippen molar-refractivity contribution in [2.24, 2.45) is 0 Å². The zero-order valence-electron chi connectivity index (χ0n) is 14.0. The molecule has 1 aromatic heterocycles. The fraction of sp³-hybridized carbons (Fsp3) is 0.158. The van der Waals surface area contributed by atoms with Crippen molar-refractivity contribution in [2.75, 3.05) is 6.54 Å². The third-order valence-electron chi connectivity index (χ3n) is 3.77. The first-order valence-corrected chi connectivity index (χ1v) is 8.53. The van der Waals surface area contributed by atoms with Crippen molar-refractivity contribution >= 4 is 17.6 Å². The topological polar surface area (TPSA) is 59.0 Å². The van der Waals surface area contributed by atoms with E-state index in [9.17, 15) is 9.18 Å². The number of carbonyl (C=O) groups is 1. The Labute approximate surface area is 155 Å². The van der Waals surface area contributed by atoms with E-state index in [0.717, 1.165) is 16.8 Å². The van der Waals surface area contributed by atoms with Crippen molar-refractivity contribution in [1.82, 2.24) is 20.4 Å². The molecule has 0 aliphatic carbocycles. The van der Waals surface area contributed by atoms with Crippen molar-refractivity contribution in [3.8, 4) is 5.69 Å². The lowest BCUT2D eigenvalue weighted by molar-refractivity contribution is 0.240. The van der Waals surface area contributed by atoms with Crippen molar-refractivity contribution in [3.05, 3.63) is 82.9 Å². The number of benzene rings is 2. The van der Waals surface area contributed by atoms with Gasteiger partial charge in [0.1, 0.15) is 5.82 Å². The predicted molar refractivity (Wildman–Crippen MR) is 98.9 cm³/mol. The summed E-state index contributed by atoms with van der Waals surface area (Å²) < 4.78 is 14.8. The van der Waals surface area contributed by atoms with Gasteiger partial charge >= 0.3 is 6.03 Å².